The fourth-order valence-corrected chi connectivity index (χ4v) is 1.86. The highest BCUT2D eigenvalue weighted by Gasteiger charge is 2.14. The van der Waals surface area contributed by atoms with E-state index in [0.29, 0.717) is 17.8 Å². The van der Waals surface area contributed by atoms with Crippen molar-refractivity contribution in [2.75, 3.05) is 32.2 Å². The second-order valence-corrected chi connectivity index (χ2v) is 4.46. The number of halogens is 1. The van der Waals surface area contributed by atoms with Crippen LogP contribution in [0.2, 0.25) is 0 Å². The van der Waals surface area contributed by atoms with Gasteiger partial charge in [-0.25, -0.2) is 4.39 Å². The Labute approximate surface area is 111 Å². The van der Waals surface area contributed by atoms with Crippen molar-refractivity contribution in [2.45, 2.75) is 6.10 Å². The molecule has 0 aromatic heterocycles. The van der Waals surface area contributed by atoms with E-state index in [1.54, 1.807) is 18.0 Å². The summed E-state index contributed by atoms with van der Waals surface area (Å²) >= 11 is 4.89. The molecule has 0 aliphatic carbocycles. The van der Waals surface area contributed by atoms with E-state index < -0.39 is 11.9 Å². The quantitative estimate of drug-likeness (QED) is 0.754. The van der Waals surface area contributed by atoms with E-state index in [-0.39, 0.29) is 11.6 Å². The maximum Gasteiger partial charge on any atom is 0.124 e. The van der Waals surface area contributed by atoms with Gasteiger partial charge in [-0.3, -0.25) is 0 Å². The zero-order valence-electron chi connectivity index (χ0n) is 10.4. The number of aliphatic hydroxyl groups excluding tert-OH is 1. The molecule has 6 heteroatoms. The van der Waals surface area contributed by atoms with Gasteiger partial charge in [0.15, 0.2) is 0 Å². The molecule has 0 amide bonds. The number of anilines is 1. The molecule has 0 aliphatic heterocycles. The summed E-state index contributed by atoms with van der Waals surface area (Å²) in [5, 5.41) is 9.66. The highest BCUT2D eigenvalue weighted by atomic mass is 32.1. The van der Waals surface area contributed by atoms with Gasteiger partial charge in [-0.2, -0.15) is 0 Å². The van der Waals surface area contributed by atoms with E-state index in [1.165, 1.54) is 19.2 Å². The minimum Gasteiger partial charge on any atom is -0.389 e. The number of hydrogen-bond acceptors (Lipinski definition) is 4. The molecule has 0 radical (unpaired) electrons. The van der Waals surface area contributed by atoms with Gasteiger partial charge in [-0.15, -0.1) is 0 Å². The van der Waals surface area contributed by atoms with Crippen LogP contribution in [0.5, 0.6) is 0 Å². The van der Waals surface area contributed by atoms with Gasteiger partial charge in [0, 0.05) is 32.0 Å². The van der Waals surface area contributed by atoms with E-state index in [9.17, 15) is 9.50 Å². The monoisotopic (exact) mass is 272 g/mol. The third-order valence-electron chi connectivity index (χ3n) is 2.48. The maximum atomic E-state index is 13.2. The van der Waals surface area contributed by atoms with Crippen molar-refractivity contribution in [2.24, 2.45) is 5.73 Å². The van der Waals surface area contributed by atoms with Crippen LogP contribution in [0.15, 0.2) is 18.2 Å². The standard InChI is InChI=1S/C12H17FN2O2S/c1-15(6-9(16)7-17-2)11-4-3-8(13)5-10(11)12(14)18/h3-5,9,16H,6-7H2,1-2H3,(H2,14,18). The Kier molecular flexibility index (Phi) is 5.46. The number of hydrogen-bond donors (Lipinski definition) is 2. The molecule has 3 N–H and O–H groups in total. The zero-order valence-corrected chi connectivity index (χ0v) is 11.2. The molecule has 1 rings (SSSR count). The minimum absolute atomic E-state index is 0.123. The number of benzene rings is 1. The lowest BCUT2D eigenvalue weighted by Crippen LogP contribution is -2.33. The van der Waals surface area contributed by atoms with Crippen LogP contribution in [0, 0.1) is 5.82 Å². The summed E-state index contributed by atoms with van der Waals surface area (Å²) in [5.41, 5.74) is 6.70. The van der Waals surface area contributed by atoms with Crippen LogP contribution in [-0.4, -0.2) is 43.5 Å². The first-order valence-electron chi connectivity index (χ1n) is 5.43. The third-order valence-corrected chi connectivity index (χ3v) is 2.70. The van der Waals surface area contributed by atoms with Crippen molar-refractivity contribution < 1.29 is 14.2 Å². The van der Waals surface area contributed by atoms with Crippen LogP contribution in [0.4, 0.5) is 10.1 Å². The summed E-state index contributed by atoms with van der Waals surface area (Å²) in [6, 6.07) is 4.20. The Morgan fingerprint density at radius 1 is 1.61 bits per heavy atom. The number of rotatable bonds is 6. The molecule has 1 atom stereocenters. The second-order valence-electron chi connectivity index (χ2n) is 4.02. The van der Waals surface area contributed by atoms with Gasteiger partial charge in [0.05, 0.1) is 12.7 Å². The topological polar surface area (TPSA) is 58.7 Å². The van der Waals surface area contributed by atoms with Crippen LogP contribution in [0.1, 0.15) is 5.56 Å². The van der Waals surface area contributed by atoms with Crippen LogP contribution in [0.25, 0.3) is 0 Å². The maximum absolute atomic E-state index is 13.2. The molecule has 4 nitrogen and oxygen atoms in total. The van der Waals surface area contributed by atoms with Gasteiger partial charge in [0.1, 0.15) is 10.8 Å². The number of aliphatic hydroxyl groups is 1. The Balaban J connectivity index is 2.91. The van der Waals surface area contributed by atoms with E-state index in [1.807, 2.05) is 0 Å². The van der Waals surface area contributed by atoms with Gasteiger partial charge >= 0.3 is 0 Å². The molecular weight excluding hydrogens is 255 g/mol. The fraction of sp³-hybridized carbons (Fsp3) is 0.417. The molecule has 0 spiro atoms. The number of nitrogens with two attached hydrogens (primary N) is 1. The molecule has 0 bridgehead atoms. The predicted octanol–water partition coefficient (Wildman–Crippen LogP) is 0.903. The number of methoxy groups -OCH3 is 1. The zero-order chi connectivity index (χ0) is 13.7. The summed E-state index contributed by atoms with van der Waals surface area (Å²) in [6.45, 7) is 0.572. The van der Waals surface area contributed by atoms with Crippen LogP contribution >= 0.6 is 12.2 Å². The molecule has 0 saturated heterocycles. The molecule has 0 fully saturated rings. The normalized spacial score (nSPS) is 12.2. The van der Waals surface area contributed by atoms with Crippen LogP contribution in [0.3, 0.4) is 0 Å². The van der Waals surface area contributed by atoms with E-state index in [2.05, 4.69) is 0 Å². The highest BCUT2D eigenvalue weighted by molar-refractivity contribution is 7.80. The summed E-state index contributed by atoms with van der Waals surface area (Å²) in [7, 11) is 3.29. The second kappa shape index (κ2) is 6.63. The predicted molar refractivity (Wildman–Crippen MR) is 73.4 cm³/mol. The lowest BCUT2D eigenvalue weighted by atomic mass is 10.1. The van der Waals surface area contributed by atoms with Gasteiger partial charge in [0.25, 0.3) is 0 Å². The summed E-state index contributed by atoms with van der Waals surface area (Å²) in [4.78, 5) is 1.88. The SMILES string of the molecule is COCC(O)CN(C)c1ccc(F)cc1C(N)=S. The average molecular weight is 272 g/mol. The first-order valence-corrected chi connectivity index (χ1v) is 5.84. The van der Waals surface area contributed by atoms with Crippen molar-refractivity contribution in [3.05, 3.63) is 29.6 Å². The number of likely N-dealkylation sites (N-methyl/N-ethyl adjacent to an activating group) is 1. The molecule has 1 aromatic carbocycles. The van der Waals surface area contributed by atoms with E-state index in [0.717, 1.165) is 0 Å². The summed E-state index contributed by atoms with van der Waals surface area (Å²) in [6.07, 6.45) is -0.635. The lowest BCUT2D eigenvalue weighted by Gasteiger charge is -2.24. The van der Waals surface area contributed by atoms with Gasteiger partial charge < -0.3 is 20.5 Å². The molecule has 0 heterocycles. The van der Waals surface area contributed by atoms with Gasteiger partial charge in [-0.05, 0) is 18.2 Å². The fourth-order valence-electron chi connectivity index (χ4n) is 1.70. The van der Waals surface area contributed by atoms with Crippen LogP contribution in [-0.2, 0) is 4.74 Å². The number of ether oxygens (including phenoxy) is 1. The Morgan fingerprint density at radius 3 is 2.83 bits per heavy atom. The molecular formula is C12H17FN2O2S. The van der Waals surface area contributed by atoms with Gasteiger partial charge in [-0.1, -0.05) is 12.2 Å². The van der Waals surface area contributed by atoms with Crippen molar-refractivity contribution in [3.63, 3.8) is 0 Å². The van der Waals surface area contributed by atoms with Gasteiger partial charge in [0.2, 0.25) is 0 Å². The third kappa shape index (κ3) is 3.90. The van der Waals surface area contributed by atoms with E-state index in [4.69, 9.17) is 22.7 Å². The summed E-state index contributed by atoms with van der Waals surface area (Å²) < 4.78 is 18.0. The molecule has 1 aromatic rings. The minimum atomic E-state index is -0.635. The molecule has 18 heavy (non-hydrogen) atoms. The molecule has 0 saturated carbocycles. The molecule has 1 unspecified atom stereocenters. The Hall–Kier alpha value is -1.24. The molecule has 0 aliphatic rings. The smallest absolute Gasteiger partial charge is 0.124 e. The number of nitrogens with zero attached hydrogens (tertiary/aromatic N) is 1. The Morgan fingerprint density at radius 2 is 2.28 bits per heavy atom. The van der Waals surface area contributed by atoms with Crippen molar-refractivity contribution in [3.8, 4) is 0 Å². The van der Waals surface area contributed by atoms with Crippen molar-refractivity contribution >= 4 is 22.9 Å². The highest BCUT2D eigenvalue weighted by Crippen LogP contribution is 2.20. The number of thiocarbonyl (C=S) groups is 1. The molecule has 100 valence electrons. The van der Waals surface area contributed by atoms with Crippen molar-refractivity contribution in [1.82, 2.24) is 0 Å². The van der Waals surface area contributed by atoms with E-state index >= 15 is 0 Å². The first kappa shape index (κ1) is 14.8. The first-order chi connectivity index (χ1) is 8.45. The van der Waals surface area contributed by atoms with Crippen LogP contribution < -0.4 is 10.6 Å². The Bertz CT molecular complexity index is 429. The average Bonchev–Trinajstić information content (AvgIpc) is 2.28. The van der Waals surface area contributed by atoms with Crippen molar-refractivity contribution in [1.29, 1.82) is 0 Å². The largest absolute Gasteiger partial charge is 0.389 e. The lowest BCUT2D eigenvalue weighted by molar-refractivity contribution is 0.0695. The summed E-state index contributed by atoms with van der Waals surface area (Å²) in [5.74, 6) is -0.396.